The SMILES string of the molecule is CCOC(CC)(CC)C(NC)c1cncc(OC)c1. The van der Waals surface area contributed by atoms with Crippen LogP contribution in [0.1, 0.15) is 45.2 Å². The molecule has 108 valence electrons. The van der Waals surface area contributed by atoms with Crippen molar-refractivity contribution in [2.75, 3.05) is 20.8 Å². The molecule has 1 rings (SSSR count). The molecule has 0 radical (unpaired) electrons. The number of methoxy groups -OCH3 is 1. The molecule has 1 heterocycles. The quantitative estimate of drug-likeness (QED) is 0.785. The van der Waals surface area contributed by atoms with Gasteiger partial charge in [-0.1, -0.05) is 13.8 Å². The largest absolute Gasteiger partial charge is 0.495 e. The van der Waals surface area contributed by atoms with Crippen LogP contribution in [0.15, 0.2) is 18.5 Å². The van der Waals surface area contributed by atoms with Crippen LogP contribution < -0.4 is 10.1 Å². The third-order valence-electron chi connectivity index (χ3n) is 3.75. The monoisotopic (exact) mass is 266 g/mol. The molecule has 1 unspecified atom stereocenters. The molecule has 0 aromatic carbocycles. The van der Waals surface area contributed by atoms with Crippen molar-refractivity contribution >= 4 is 0 Å². The molecule has 0 saturated heterocycles. The van der Waals surface area contributed by atoms with Gasteiger partial charge in [0.2, 0.25) is 0 Å². The Morgan fingerprint density at radius 3 is 2.42 bits per heavy atom. The first-order chi connectivity index (χ1) is 9.17. The zero-order valence-electron chi connectivity index (χ0n) is 12.7. The minimum absolute atomic E-state index is 0.102. The van der Waals surface area contributed by atoms with E-state index in [2.05, 4.69) is 24.1 Å². The van der Waals surface area contributed by atoms with Crippen LogP contribution in [-0.2, 0) is 4.74 Å². The van der Waals surface area contributed by atoms with E-state index in [9.17, 15) is 0 Å². The van der Waals surface area contributed by atoms with Crippen LogP contribution in [0.3, 0.4) is 0 Å². The summed E-state index contributed by atoms with van der Waals surface area (Å²) in [6.07, 6.45) is 5.49. The number of rotatable bonds is 8. The summed E-state index contributed by atoms with van der Waals surface area (Å²) >= 11 is 0. The highest BCUT2D eigenvalue weighted by molar-refractivity contribution is 5.28. The van der Waals surface area contributed by atoms with Crippen molar-refractivity contribution in [2.45, 2.75) is 45.3 Å². The zero-order chi connectivity index (χ0) is 14.3. The molecule has 1 N–H and O–H groups in total. The molecule has 0 aliphatic heterocycles. The summed E-state index contributed by atoms with van der Waals surface area (Å²) in [5.41, 5.74) is 0.886. The van der Waals surface area contributed by atoms with Gasteiger partial charge in [0, 0.05) is 12.8 Å². The maximum Gasteiger partial charge on any atom is 0.137 e. The topological polar surface area (TPSA) is 43.4 Å². The molecule has 0 amide bonds. The van der Waals surface area contributed by atoms with E-state index in [1.165, 1.54) is 0 Å². The number of nitrogens with zero attached hydrogens (tertiary/aromatic N) is 1. The summed E-state index contributed by atoms with van der Waals surface area (Å²) in [6.45, 7) is 7.07. The minimum Gasteiger partial charge on any atom is -0.495 e. The summed E-state index contributed by atoms with van der Waals surface area (Å²) in [5, 5.41) is 3.38. The Balaban J connectivity index is 3.14. The third kappa shape index (κ3) is 3.45. The van der Waals surface area contributed by atoms with Gasteiger partial charge in [0.25, 0.3) is 0 Å². The Hall–Kier alpha value is -1.13. The predicted molar refractivity (Wildman–Crippen MR) is 77.5 cm³/mol. The van der Waals surface area contributed by atoms with E-state index in [1.54, 1.807) is 13.3 Å². The van der Waals surface area contributed by atoms with Gasteiger partial charge in [-0.15, -0.1) is 0 Å². The van der Waals surface area contributed by atoms with Crippen molar-refractivity contribution in [3.63, 3.8) is 0 Å². The van der Waals surface area contributed by atoms with Crippen molar-refractivity contribution in [3.05, 3.63) is 24.0 Å². The smallest absolute Gasteiger partial charge is 0.137 e. The molecule has 1 aromatic rings. The summed E-state index contributed by atoms with van der Waals surface area (Å²) in [5.74, 6) is 0.773. The Bertz CT molecular complexity index is 378. The fourth-order valence-corrected chi connectivity index (χ4v) is 2.67. The van der Waals surface area contributed by atoms with Gasteiger partial charge in [-0.3, -0.25) is 4.98 Å². The van der Waals surface area contributed by atoms with Crippen molar-refractivity contribution in [2.24, 2.45) is 0 Å². The second-order valence-corrected chi connectivity index (χ2v) is 4.58. The van der Waals surface area contributed by atoms with Crippen molar-refractivity contribution in [3.8, 4) is 5.75 Å². The maximum atomic E-state index is 6.08. The molecular formula is C15H26N2O2. The van der Waals surface area contributed by atoms with Crippen LogP contribution in [-0.4, -0.2) is 31.3 Å². The van der Waals surface area contributed by atoms with E-state index in [4.69, 9.17) is 9.47 Å². The Morgan fingerprint density at radius 2 is 1.95 bits per heavy atom. The number of nitrogens with one attached hydrogen (secondary N) is 1. The van der Waals surface area contributed by atoms with Gasteiger partial charge >= 0.3 is 0 Å². The fourth-order valence-electron chi connectivity index (χ4n) is 2.67. The number of hydrogen-bond acceptors (Lipinski definition) is 4. The van der Waals surface area contributed by atoms with Gasteiger partial charge in [-0.25, -0.2) is 0 Å². The van der Waals surface area contributed by atoms with E-state index >= 15 is 0 Å². The number of ether oxygens (including phenoxy) is 2. The first-order valence-corrected chi connectivity index (χ1v) is 6.97. The molecule has 4 heteroatoms. The number of hydrogen-bond donors (Lipinski definition) is 1. The predicted octanol–water partition coefficient (Wildman–Crippen LogP) is 2.95. The average Bonchev–Trinajstić information content (AvgIpc) is 2.47. The average molecular weight is 266 g/mol. The fraction of sp³-hybridized carbons (Fsp3) is 0.667. The number of aromatic nitrogens is 1. The lowest BCUT2D eigenvalue weighted by molar-refractivity contribution is -0.0718. The Morgan fingerprint density at radius 1 is 1.26 bits per heavy atom. The molecule has 1 atom stereocenters. The van der Waals surface area contributed by atoms with Crippen LogP contribution in [0.4, 0.5) is 0 Å². The highest BCUT2D eigenvalue weighted by Crippen LogP contribution is 2.35. The molecule has 0 aliphatic rings. The molecule has 0 fully saturated rings. The van der Waals surface area contributed by atoms with Gasteiger partial charge in [-0.2, -0.15) is 0 Å². The Labute approximate surface area is 116 Å². The van der Waals surface area contributed by atoms with Crippen LogP contribution >= 0.6 is 0 Å². The van der Waals surface area contributed by atoms with E-state index in [-0.39, 0.29) is 11.6 Å². The molecule has 19 heavy (non-hydrogen) atoms. The van der Waals surface area contributed by atoms with E-state index in [1.807, 2.05) is 26.2 Å². The number of likely N-dealkylation sites (N-methyl/N-ethyl adjacent to an activating group) is 1. The lowest BCUT2D eigenvalue weighted by atomic mass is 9.84. The van der Waals surface area contributed by atoms with Gasteiger partial charge in [0.15, 0.2) is 0 Å². The van der Waals surface area contributed by atoms with Crippen molar-refractivity contribution < 1.29 is 9.47 Å². The highest BCUT2D eigenvalue weighted by atomic mass is 16.5. The summed E-state index contributed by atoms with van der Waals surface area (Å²) in [7, 11) is 3.62. The highest BCUT2D eigenvalue weighted by Gasteiger charge is 2.37. The van der Waals surface area contributed by atoms with Crippen molar-refractivity contribution in [1.29, 1.82) is 0 Å². The first-order valence-electron chi connectivity index (χ1n) is 6.97. The molecule has 1 aromatic heterocycles. The summed E-state index contributed by atoms with van der Waals surface area (Å²) in [6, 6.07) is 2.12. The van der Waals surface area contributed by atoms with Crippen LogP contribution in [0.25, 0.3) is 0 Å². The van der Waals surface area contributed by atoms with Crippen LogP contribution in [0.2, 0.25) is 0 Å². The van der Waals surface area contributed by atoms with Gasteiger partial charge < -0.3 is 14.8 Å². The summed E-state index contributed by atoms with van der Waals surface area (Å²) in [4.78, 5) is 4.25. The molecule has 0 aliphatic carbocycles. The van der Waals surface area contributed by atoms with Gasteiger partial charge in [-0.05, 0) is 38.4 Å². The first kappa shape index (κ1) is 15.9. The standard InChI is InChI=1S/C15H26N2O2/c1-6-15(7-2,19-8-3)14(16-4)12-9-13(18-5)11-17-10-12/h9-11,14,16H,6-8H2,1-5H3. The minimum atomic E-state index is -0.211. The molecule has 0 bridgehead atoms. The van der Waals surface area contributed by atoms with E-state index in [0.29, 0.717) is 6.61 Å². The molecule has 4 nitrogen and oxygen atoms in total. The maximum absolute atomic E-state index is 6.08. The normalized spacial score (nSPS) is 13.3. The van der Waals surface area contributed by atoms with E-state index < -0.39 is 0 Å². The van der Waals surface area contributed by atoms with Crippen LogP contribution in [0.5, 0.6) is 5.75 Å². The number of pyridine rings is 1. The lowest BCUT2D eigenvalue weighted by Gasteiger charge is -2.39. The summed E-state index contributed by atoms with van der Waals surface area (Å²) < 4.78 is 11.3. The van der Waals surface area contributed by atoms with Crippen molar-refractivity contribution in [1.82, 2.24) is 10.3 Å². The zero-order valence-corrected chi connectivity index (χ0v) is 12.7. The molecule has 0 spiro atoms. The lowest BCUT2D eigenvalue weighted by Crippen LogP contribution is -2.44. The van der Waals surface area contributed by atoms with Crippen LogP contribution in [0, 0.1) is 0 Å². The van der Waals surface area contributed by atoms with Gasteiger partial charge in [0.05, 0.1) is 24.9 Å². The molecule has 0 saturated carbocycles. The van der Waals surface area contributed by atoms with E-state index in [0.717, 1.165) is 24.2 Å². The molecular weight excluding hydrogens is 240 g/mol. The van der Waals surface area contributed by atoms with Gasteiger partial charge in [0.1, 0.15) is 5.75 Å². The second-order valence-electron chi connectivity index (χ2n) is 4.58. The Kier molecular flexibility index (Phi) is 6.25. The third-order valence-corrected chi connectivity index (χ3v) is 3.75. The second kappa shape index (κ2) is 7.46.